The van der Waals surface area contributed by atoms with E-state index in [0.29, 0.717) is 5.56 Å². The molecule has 0 radical (unpaired) electrons. The molecule has 0 aliphatic carbocycles. The van der Waals surface area contributed by atoms with Crippen LogP contribution in [0.3, 0.4) is 0 Å². The first-order chi connectivity index (χ1) is 13.4. The SMILES string of the molecule is N#Cc1cccc(NS(=O)(=O)c2cccc(C(=O)Nc3ccccc3F)c2)c1. The molecule has 0 heterocycles. The van der Waals surface area contributed by atoms with Crippen LogP contribution in [0.2, 0.25) is 0 Å². The molecule has 8 heteroatoms. The monoisotopic (exact) mass is 395 g/mol. The fourth-order valence-electron chi connectivity index (χ4n) is 2.43. The van der Waals surface area contributed by atoms with Crippen molar-refractivity contribution in [1.29, 1.82) is 5.26 Å². The van der Waals surface area contributed by atoms with E-state index in [1.807, 2.05) is 6.07 Å². The number of halogens is 1. The number of carbonyl (C=O) groups excluding carboxylic acids is 1. The van der Waals surface area contributed by atoms with E-state index in [2.05, 4.69) is 10.0 Å². The van der Waals surface area contributed by atoms with E-state index in [1.165, 1.54) is 54.6 Å². The van der Waals surface area contributed by atoms with Gasteiger partial charge in [-0.2, -0.15) is 5.26 Å². The van der Waals surface area contributed by atoms with Gasteiger partial charge in [-0.05, 0) is 48.5 Å². The lowest BCUT2D eigenvalue weighted by atomic mass is 10.2. The minimum absolute atomic E-state index is 0.00722. The Morgan fingerprint density at radius 1 is 0.964 bits per heavy atom. The summed E-state index contributed by atoms with van der Waals surface area (Å²) in [6.45, 7) is 0. The molecule has 0 saturated heterocycles. The predicted molar refractivity (Wildman–Crippen MR) is 103 cm³/mol. The van der Waals surface area contributed by atoms with Gasteiger partial charge in [0.05, 0.1) is 27.9 Å². The van der Waals surface area contributed by atoms with Gasteiger partial charge in [0.2, 0.25) is 0 Å². The molecular weight excluding hydrogens is 381 g/mol. The van der Waals surface area contributed by atoms with Crippen LogP contribution in [-0.2, 0) is 10.0 Å². The molecule has 6 nitrogen and oxygen atoms in total. The number of para-hydroxylation sites is 1. The quantitative estimate of drug-likeness (QED) is 0.687. The van der Waals surface area contributed by atoms with Crippen LogP contribution >= 0.6 is 0 Å². The summed E-state index contributed by atoms with van der Waals surface area (Å²) in [4.78, 5) is 12.2. The number of nitriles is 1. The van der Waals surface area contributed by atoms with Crippen molar-refractivity contribution < 1.29 is 17.6 Å². The molecule has 3 aromatic carbocycles. The van der Waals surface area contributed by atoms with Gasteiger partial charge in [-0.3, -0.25) is 9.52 Å². The third kappa shape index (κ3) is 4.34. The van der Waals surface area contributed by atoms with Crippen molar-refractivity contribution in [2.24, 2.45) is 0 Å². The average molecular weight is 395 g/mol. The van der Waals surface area contributed by atoms with Gasteiger partial charge in [-0.15, -0.1) is 0 Å². The summed E-state index contributed by atoms with van der Waals surface area (Å²) < 4.78 is 41.3. The molecule has 28 heavy (non-hydrogen) atoms. The van der Waals surface area contributed by atoms with E-state index in [-0.39, 0.29) is 21.8 Å². The molecule has 0 spiro atoms. The molecule has 2 N–H and O–H groups in total. The second kappa shape index (κ2) is 7.90. The van der Waals surface area contributed by atoms with Crippen molar-refractivity contribution in [3.8, 4) is 6.07 Å². The zero-order valence-corrected chi connectivity index (χ0v) is 15.2. The predicted octanol–water partition coefficient (Wildman–Crippen LogP) is 3.75. The highest BCUT2D eigenvalue weighted by Gasteiger charge is 2.17. The van der Waals surface area contributed by atoms with Gasteiger partial charge in [0, 0.05) is 5.56 Å². The number of anilines is 2. The van der Waals surface area contributed by atoms with Crippen LogP contribution in [0.1, 0.15) is 15.9 Å². The number of hydrogen-bond acceptors (Lipinski definition) is 4. The number of amides is 1. The Bertz CT molecular complexity index is 1190. The highest BCUT2D eigenvalue weighted by Crippen LogP contribution is 2.19. The molecule has 0 saturated carbocycles. The van der Waals surface area contributed by atoms with Crippen LogP contribution in [0, 0.1) is 17.1 Å². The Morgan fingerprint density at radius 3 is 2.46 bits per heavy atom. The molecule has 0 aromatic heterocycles. The lowest BCUT2D eigenvalue weighted by Gasteiger charge is -2.10. The second-order valence-electron chi connectivity index (χ2n) is 5.76. The van der Waals surface area contributed by atoms with Crippen LogP contribution in [0.5, 0.6) is 0 Å². The van der Waals surface area contributed by atoms with Crippen molar-refractivity contribution in [1.82, 2.24) is 0 Å². The topological polar surface area (TPSA) is 99.1 Å². The maximum atomic E-state index is 13.7. The molecule has 3 aromatic rings. The Morgan fingerprint density at radius 2 is 1.71 bits per heavy atom. The van der Waals surface area contributed by atoms with Gasteiger partial charge in [-0.1, -0.05) is 24.3 Å². The highest BCUT2D eigenvalue weighted by molar-refractivity contribution is 7.92. The second-order valence-corrected chi connectivity index (χ2v) is 7.44. The first kappa shape index (κ1) is 19.1. The van der Waals surface area contributed by atoms with Crippen LogP contribution in [0.15, 0.2) is 77.7 Å². The minimum atomic E-state index is -3.99. The van der Waals surface area contributed by atoms with Crippen LogP contribution in [0.4, 0.5) is 15.8 Å². The van der Waals surface area contributed by atoms with Crippen molar-refractivity contribution >= 4 is 27.3 Å². The molecular formula is C20H14FN3O3S. The molecule has 0 fully saturated rings. The number of benzene rings is 3. The summed E-state index contributed by atoms with van der Waals surface area (Å²) in [5, 5.41) is 11.3. The number of nitrogens with one attached hydrogen (secondary N) is 2. The van der Waals surface area contributed by atoms with Crippen molar-refractivity contribution in [2.75, 3.05) is 10.0 Å². The molecule has 1 amide bonds. The van der Waals surface area contributed by atoms with Gasteiger partial charge in [0.25, 0.3) is 15.9 Å². The van der Waals surface area contributed by atoms with E-state index in [9.17, 15) is 17.6 Å². The van der Waals surface area contributed by atoms with Gasteiger partial charge >= 0.3 is 0 Å². The first-order valence-electron chi connectivity index (χ1n) is 8.08. The van der Waals surface area contributed by atoms with Gasteiger partial charge in [-0.25, -0.2) is 12.8 Å². The Labute approximate surface area is 161 Å². The molecule has 0 unspecified atom stereocenters. The largest absolute Gasteiger partial charge is 0.319 e. The number of carbonyl (C=O) groups is 1. The van der Waals surface area contributed by atoms with Gasteiger partial charge in [0.1, 0.15) is 5.82 Å². The first-order valence-corrected chi connectivity index (χ1v) is 9.56. The maximum Gasteiger partial charge on any atom is 0.261 e. The summed E-state index contributed by atoms with van der Waals surface area (Å²) >= 11 is 0. The average Bonchev–Trinajstić information content (AvgIpc) is 2.69. The van der Waals surface area contributed by atoms with E-state index in [4.69, 9.17) is 5.26 Å². The number of rotatable bonds is 5. The van der Waals surface area contributed by atoms with E-state index in [1.54, 1.807) is 18.2 Å². The number of nitrogens with zero attached hydrogens (tertiary/aromatic N) is 1. The summed E-state index contributed by atoms with van der Waals surface area (Å²) in [6, 6.07) is 18.9. The fraction of sp³-hybridized carbons (Fsp3) is 0. The van der Waals surface area contributed by atoms with Crippen LogP contribution in [0.25, 0.3) is 0 Å². The van der Waals surface area contributed by atoms with Gasteiger partial charge in [0.15, 0.2) is 0 Å². The van der Waals surface area contributed by atoms with Crippen molar-refractivity contribution in [3.63, 3.8) is 0 Å². The molecule has 3 rings (SSSR count). The van der Waals surface area contributed by atoms with Crippen LogP contribution in [-0.4, -0.2) is 14.3 Å². The molecule has 0 atom stereocenters. The number of hydrogen-bond donors (Lipinski definition) is 2. The molecule has 140 valence electrons. The Kier molecular flexibility index (Phi) is 5.38. The normalized spacial score (nSPS) is 10.7. The standard InChI is InChI=1S/C20H14FN3O3S/c21-18-9-1-2-10-19(18)23-20(25)15-6-4-8-17(12-15)28(26,27)24-16-7-3-5-14(11-16)13-22/h1-12,24H,(H,23,25). The Balaban J connectivity index is 1.84. The van der Waals surface area contributed by atoms with Gasteiger partial charge < -0.3 is 5.32 Å². The summed E-state index contributed by atoms with van der Waals surface area (Å²) in [7, 11) is -3.99. The van der Waals surface area contributed by atoms with Crippen LogP contribution < -0.4 is 10.0 Å². The van der Waals surface area contributed by atoms with E-state index < -0.39 is 21.7 Å². The highest BCUT2D eigenvalue weighted by atomic mass is 32.2. The van der Waals surface area contributed by atoms with E-state index >= 15 is 0 Å². The molecule has 0 aliphatic heterocycles. The maximum absolute atomic E-state index is 13.7. The van der Waals surface area contributed by atoms with E-state index in [0.717, 1.165) is 0 Å². The summed E-state index contributed by atoms with van der Waals surface area (Å²) in [5.41, 5.74) is 0.572. The summed E-state index contributed by atoms with van der Waals surface area (Å²) in [5.74, 6) is -1.24. The molecule has 0 bridgehead atoms. The zero-order valence-electron chi connectivity index (χ0n) is 14.4. The number of sulfonamides is 1. The zero-order chi connectivity index (χ0) is 20.1. The molecule has 0 aliphatic rings. The lowest BCUT2D eigenvalue weighted by molar-refractivity contribution is 0.102. The van der Waals surface area contributed by atoms with Crippen molar-refractivity contribution in [3.05, 3.63) is 89.7 Å². The smallest absolute Gasteiger partial charge is 0.261 e. The minimum Gasteiger partial charge on any atom is -0.319 e. The third-order valence-corrected chi connectivity index (χ3v) is 5.15. The lowest BCUT2D eigenvalue weighted by Crippen LogP contribution is -2.16. The third-order valence-electron chi connectivity index (χ3n) is 3.77. The summed E-state index contributed by atoms with van der Waals surface area (Å²) in [6.07, 6.45) is 0. The van der Waals surface area contributed by atoms with Crippen molar-refractivity contribution in [2.45, 2.75) is 4.90 Å². The Hall–Kier alpha value is -3.70. The fourth-order valence-corrected chi connectivity index (χ4v) is 3.52.